The molecule has 1 heterocycles. The molecule has 5 aromatic rings. The molecule has 0 amide bonds. The van der Waals surface area contributed by atoms with Crippen LogP contribution in [0.2, 0.25) is 5.28 Å². The molecule has 0 spiro atoms. The van der Waals surface area contributed by atoms with E-state index in [1.165, 1.54) is 18.2 Å². The van der Waals surface area contributed by atoms with Gasteiger partial charge in [0.1, 0.15) is 36.0 Å². The average molecular weight is 984 g/mol. The Kier molecular flexibility index (Phi) is 21.1. The number of sulfone groups is 1. The van der Waals surface area contributed by atoms with Crippen LogP contribution in [-0.4, -0.2) is 87.6 Å². The standard InChI is InChI=1S/C27H22ClN7O16S5.4Na/c28-25-31-26(29-15-2-1-3-17(12-15)52(37,38)9-8-51-56(48,49)50)33-27(32-25)30-16-4-7-21(54(42,43)44)20(13-16)34-35-23-22(55(45,46)47)11-14-10-18(53(39,40)41)5-6-19(14)24(23)36;;;;/h1-7,10-13,36H,8-9H2,(H,39,40,41)(H,42,43,44)(H,45,46,47)(H,48,49,50)(H2,29,30,31,32,33);;;;/q;4*+1/p-4. The Morgan fingerprint density at radius 3 is 1.80 bits per heavy atom. The van der Waals surface area contributed by atoms with Gasteiger partial charge >= 0.3 is 129 Å². The fourth-order valence-corrected chi connectivity index (χ4v) is 8.03. The van der Waals surface area contributed by atoms with Crippen molar-refractivity contribution in [3.8, 4) is 5.75 Å². The molecule has 4 aromatic carbocycles. The second kappa shape index (κ2) is 22.3. The van der Waals surface area contributed by atoms with Crippen molar-refractivity contribution in [2.24, 2.45) is 10.2 Å². The minimum Gasteiger partial charge on any atom is -0.871 e. The maximum absolute atomic E-state index is 13.2. The molecule has 0 aliphatic rings. The maximum atomic E-state index is 13.2. The second-order valence-electron chi connectivity index (χ2n) is 10.8. The molecule has 23 nitrogen and oxygen atoms in total. The molecule has 1 aromatic heterocycles. The SMILES string of the molecule is O=S(=O)(O)OCCS(=O)(=O)c1cccc(Nc2nc(Cl)nc(Nc3ccc(S(=O)(=O)[O-])c(N=Nc4c(S(=O)(=O)[O-])cc5cc(S(=O)(=O)[O-])ccc5c4[O-])c3)n2)c1.[Na+].[Na+].[Na+].[Na+]. The molecule has 33 heteroatoms. The largest absolute Gasteiger partial charge is 1.00 e. The Morgan fingerprint density at radius 2 is 1.25 bits per heavy atom. The van der Waals surface area contributed by atoms with Crippen molar-refractivity contribution in [1.82, 2.24) is 15.0 Å². The van der Waals surface area contributed by atoms with Crippen molar-refractivity contribution in [3.63, 3.8) is 0 Å². The van der Waals surface area contributed by atoms with Gasteiger partial charge in [0.15, 0.2) is 9.84 Å². The fourth-order valence-electron chi connectivity index (χ4n) is 4.60. The number of rotatable bonds is 14. The van der Waals surface area contributed by atoms with Crippen LogP contribution in [0.4, 0.5) is 34.6 Å². The number of azo groups is 1. The Balaban J connectivity index is 0.00000450. The van der Waals surface area contributed by atoms with Gasteiger partial charge in [-0.2, -0.15) is 23.4 Å². The van der Waals surface area contributed by atoms with Gasteiger partial charge in [-0.15, -0.1) is 10.2 Å². The quantitative estimate of drug-likeness (QED) is 0.0528. The molecule has 0 radical (unpaired) electrons. The van der Waals surface area contributed by atoms with E-state index in [0.717, 1.165) is 36.4 Å². The van der Waals surface area contributed by atoms with Gasteiger partial charge in [0.25, 0.3) is 0 Å². The maximum Gasteiger partial charge on any atom is 1.00 e. The van der Waals surface area contributed by atoms with Crippen molar-refractivity contribution in [2.75, 3.05) is 23.0 Å². The third-order valence-corrected chi connectivity index (χ3v) is 11.8. The summed E-state index contributed by atoms with van der Waals surface area (Å²) in [5, 5.41) is 24.2. The number of nitrogens with one attached hydrogen (secondary N) is 2. The molecule has 0 saturated heterocycles. The number of hydrogen-bond donors (Lipinski definition) is 3. The van der Waals surface area contributed by atoms with Crippen LogP contribution in [0.25, 0.3) is 10.8 Å². The van der Waals surface area contributed by atoms with E-state index in [9.17, 15) is 60.9 Å². The van der Waals surface area contributed by atoms with Crippen LogP contribution in [0, 0.1) is 0 Å². The molecule has 298 valence electrons. The predicted octanol–water partition coefficient (Wildman–Crippen LogP) is -10.0. The van der Waals surface area contributed by atoms with E-state index in [4.69, 9.17) is 16.2 Å². The van der Waals surface area contributed by atoms with Gasteiger partial charge < -0.3 is 29.4 Å². The summed E-state index contributed by atoms with van der Waals surface area (Å²) < 4.78 is 166. The smallest absolute Gasteiger partial charge is 0.871 e. The summed E-state index contributed by atoms with van der Waals surface area (Å²) >= 11 is 6.03. The van der Waals surface area contributed by atoms with Crippen LogP contribution in [0.5, 0.6) is 5.75 Å². The van der Waals surface area contributed by atoms with Gasteiger partial charge in [-0.05, 0) is 77.0 Å². The van der Waals surface area contributed by atoms with Gasteiger partial charge in [0.05, 0.1) is 37.6 Å². The number of hydrogen-bond acceptors (Lipinski definition) is 22. The predicted molar refractivity (Wildman–Crippen MR) is 185 cm³/mol. The van der Waals surface area contributed by atoms with Crippen LogP contribution < -0.4 is 134 Å². The number of aromatic nitrogens is 3. The van der Waals surface area contributed by atoms with E-state index in [2.05, 4.69) is 40.0 Å². The molecule has 0 saturated carbocycles. The normalized spacial score (nSPS) is 12.1. The van der Waals surface area contributed by atoms with E-state index in [1.807, 2.05) is 0 Å². The fraction of sp³-hybridized carbons (Fsp3) is 0.0741. The van der Waals surface area contributed by atoms with Crippen LogP contribution >= 0.6 is 11.6 Å². The monoisotopic (exact) mass is 983 g/mol. The Labute approximate surface area is 434 Å². The number of nitrogens with zero attached hydrogens (tertiary/aromatic N) is 5. The van der Waals surface area contributed by atoms with Crippen molar-refractivity contribution >= 4 is 108 Å². The average Bonchev–Trinajstić information content (AvgIpc) is 3.05. The summed E-state index contributed by atoms with van der Waals surface area (Å²) in [6.07, 6.45) is 0. The molecule has 0 aliphatic heterocycles. The third-order valence-electron chi connectivity index (χ3n) is 6.94. The topological polar surface area (TPSA) is 380 Å². The number of benzene rings is 4. The summed E-state index contributed by atoms with van der Waals surface area (Å²) in [4.78, 5) is 8.27. The Bertz CT molecular complexity index is 3030. The van der Waals surface area contributed by atoms with E-state index in [1.54, 1.807) is 0 Å². The number of halogens is 1. The minimum atomic E-state index is -5.56. The van der Waals surface area contributed by atoms with Crippen molar-refractivity contribution in [2.45, 2.75) is 19.6 Å². The molecular formula is C27H18ClN7Na4O16S5. The first-order chi connectivity index (χ1) is 25.8. The zero-order valence-electron chi connectivity index (χ0n) is 31.0. The van der Waals surface area contributed by atoms with Gasteiger partial charge in [-0.25, -0.2) is 37.9 Å². The summed E-state index contributed by atoms with van der Waals surface area (Å²) in [6.45, 7) is -0.880. The zero-order valence-corrected chi connectivity index (χ0v) is 43.8. The van der Waals surface area contributed by atoms with Gasteiger partial charge in [-0.3, -0.25) is 4.55 Å². The first-order valence-corrected chi connectivity index (χ1v) is 22.0. The van der Waals surface area contributed by atoms with E-state index in [-0.39, 0.29) is 146 Å². The summed E-state index contributed by atoms with van der Waals surface area (Å²) in [5.41, 5.74) is -2.01. The van der Waals surface area contributed by atoms with Gasteiger partial charge in [0.2, 0.25) is 17.2 Å². The molecule has 60 heavy (non-hydrogen) atoms. The van der Waals surface area contributed by atoms with E-state index < -0.39 is 111 Å². The van der Waals surface area contributed by atoms with Crippen LogP contribution in [-0.2, 0) is 54.8 Å². The summed E-state index contributed by atoms with van der Waals surface area (Å²) in [7, 11) is -25.0. The number of fused-ring (bicyclic) bond motifs is 1. The molecule has 5 rings (SSSR count). The third kappa shape index (κ3) is 15.3. The van der Waals surface area contributed by atoms with Crippen LogP contribution in [0.1, 0.15) is 0 Å². The van der Waals surface area contributed by atoms with Crippen LogP contribution in [0.15, 0.2) is 96.5 Å². The zero-order chi connectivity index (χ0) is 41.4. The molecule has 0 aliphatic carbocycles. The Hall–Kier alpha value is -1.01. The molecule has 0 fully saturated rings. The van der Waals surface area contributed by atoms with Gasteiger partial charge in [0, 0.05) is 11.4 Å². The summed E-state index contributed by atoms with van der Waals surface area (Å²) in [5.74, 6) is -2.77. The van der Waals surface area contributed by atoms with E-state index in [0.29, 0.717) is 12.1 Å². The summed E-state index contributed by atoms with van der Waals surface area (Å²) in [6, 6.07) is 10.4. The first-order valence-electron chi connectivity index (χ1n) is 14.4. The molecule has 3 N–H and O–H groups in total. The van der Waals surface area contributed by atoms with Crippen molar-refractivity contribution < 1.29 is 188 Å². The second-order valence-corrected chi connectivity index (χ2v) is 18.4. The molecule has 0 atom stereocenters. The van der Waals surface area contributed by atoms with Crippen LogP contribution in [0.3, 0.4) is 0 Å². The van der Waals surface area contributed by atoms with Gasteiger partial charge in [-0.1, -0.05) is 17.9 Å². The van der Waals surface area contributed by atoms with Crippen molar-refractivity contribution in [1.29, 1.82) is 0 Å². The first kappa shape index (κ1) is 57.0. The minimum absolute atomic E-state index is 0. The molecule has 0 unspecified atom stereocenters. The van der Waals surface area contributed by atoms with E-state index >= 15 is 0 Å². The molecule has 0 bridgehead atoms. The molecular weight excluding hydrogens is 966 g/mol. The van der Waals surface area contributed by atoms with Crippen molar-refractivity contribution in [3.05, 3.63) is 72.0 Å². The number of anilines is 4. The Morgan fingerprint density at radius 1 is 0.667 bits per heavy atom.